The van der Waals surface area contributed by atoms with Gasteiger partial charge in [0.05, 0.1) is 0 Å². The summed E-state index contributed by atoms with van der Waals surface area (Å²) in [7, 11) is 0. The van der Waals surface area contributed by atoms with Crippen molar-refractivity contribution < 1.29 is 0 Å². The summed E-state index contributed by atoms with van der Waals surface area (Å²) in [5.74, 6) is 0.782. The van der Waals surface area contributed by atoms with Crippen LogP contribution in [-0.2, 0) is 0 Å². The van der Waals surface area contributed by atoms with Crippen LogP contribution in [0.5, 0.6) is 0 Å². The number of benzene rings is 2. The van der Waals surface area contributed by atoms with Crippen molar-refractivity contribution in [2.45, 2.75) is 26.7 Å². The van der Waals surface area contributed by atoms with E-state index < -0.39 is 0 Å². The zero-order valence-corrected chi connectivity index (χ0v) is 16.1. The molecule has 0 aliphatic rings. The van der Waals surface area contributed by atoms with Gasteiger partial charge in [-0.3, -0.25) is 0 Å². The predicted octanol–water partition coefficient (Wildman–Crippen LogP) is 3.32. The molecule has 0 nitrogen and oxygen atoms in total. The molecule has 0 aromatic heterocycles. The summed E-state index contributed by atoms with van der Waals surface area (Å²) in [6.45, 7) is 4.63. The zero-order chi connectivity index (χ0) is 14.9. The van der Waals surface area contributed by atoms with E-state index in [1.165, 1.54) is 21.8 Å². The molecule has 0 spiro atoms. The Hall–Kier alpha value is -0.781. The molecule has 0 bridgehead atoms. The van der Waals surface area contributed by atoms with E-state index in [1.807, 2.05) is 0 Å². The van der Waals surface area contributed by atoms with Crippen molar-refractivity contribution in [1.29, 1.82) is 0 Å². The molecule has 0 saturated heterocycles. The number of allylic oxidation sites excluding steroid dienone is 1. The van der Waals surface area contributed by atoms with Gasteiger partial charge in [0.2, 0.25) is 0 Å². The van der Waals surface area contributed by atoms with E-state index in [0.717, 1.165) is 5.92 Å². The van der Waals surface area contributed by atoms with Crippen LogP contribution in [0, 0.1) is 5.92 Å². The summed E-state index contributed by atoms with van der Waals surface area (Å²) < 4.78 is 4.62. The third kappa shape index (κ3) is 6.67. The van der Waals surface area contributed by atoms with Gasteiger partial charge in [-0.25, -0.2) is 0 Å². The van der Waals surface area contributed by atoms with E-state index in [4.69, 9.17) is 0 Å². The second-order valence-corrected chi connectivity index (χ2v) is 9.86. The molecule has 0 amide bonds. The van der Waals surface area contributed by atoms with Gasteiger partial charge >= 0.3 is 142 Å². The Bertz CT molecular complexity index is 544. The maximum absolute atomic E-state index is 2.53. The van der Waals surface area contributed by atoms with Gasteiger partial charge in [0.15, 0.2) is 0 Å². The van der Waals surface area contributed by atoms with Crippen LogP contribution < -0.4 is 8.92 Å². The maximum atomic E-state index is 2.53. The van der Waals surface area contributed by atoms with Crippen molar-refractivity contribution in [3.05, 3.63) is 70.1 Å². The number of hydrogen-bond donors (Lipinski definition) is 0. The van der Waals surface area contributed by atoms with E-state index in [-0.39, 0.29) is 0 Å². The van der Waals surface area contributed by atoms with Crippen LogP contribution in [0.2, 0.25) is 0 Å². The Morgan fingerprint density at radius 2 is 1.48 bits per heavy atom. The molecule has 0 aliphatic heterocycles. The summed E-state index contributed by atoms with van der Waals surface area (Å²) in [5, 5.41) is 0. The normalized spacial score (nSPS) is 11.9. The Balaban J connectivity index is 2.04. The first-order valence-electron chi connectivity index (χ1n) is 7.37. The van der Waals surface area contributed by atoms with Crippen molar-refractivity contribution in [3.8, 4) is 0 Å². The summed E-state index contributed by atoms with van der Waals surface area (Å²) >= 11 is 0.941. The Morgan fingerprint density at radius 3 is 2.05 bits per heavy atom. The summed E-state index contributed by atoms with van der Waals surface area (Å²) in [6, 6.07) is 21.8. The molecule has 2 aromatic carbocycles. The van der Waals surface area contributed by atoms with Crippen LogP contribution in [0.1, 0.15) is 26.7 Å². The van der Waals surface area contributed by atoms with Crippen LogP contribution in [0.3, 0.4) is 0 Å². The second-order valence-electron chi connectivity index (χ2n) is 5.36. The first kappa shape index (κ1) is 16.6. The van der Waals surface area contributed by atoms with Crippen LogP contribution in [0.25, 0.3) is 0 Å². The molecule has 21 heavy (non-hydrogen) atoms. The van der Waals surface area contributed by atoms with E-state index in [2.05, 4.69) is 79.5 Å². The molecular formula is C19H22Se2. The molecule has 0 heterocycles. The van der Waals surface area contributed by atoms with E-state index in [1.54, 1.807) is 4.47 Å². The second kappa shape index (κ2) is 9.28. The predicted molar refractivity (Wildman–Crippen MR) is 95.8 cm³/mol. The van der Waals surface area contributed by atoms with Gasteiger partial charge in [0.25, 0.3) is 0 Å². The van der Waals surface area contributed by atoms with Crippen molar-refractivity contribution in [1.82, 2.24) is 0 Å². The van der Waals surface area contributed by atoms with Gasteiger partial charge in [0.1, 0.15) is 0 Å². The molecule has 0 atom stereocenters. The zero-order valence-electron chi connectivity index (χ0n) is 12.7. The Labute approximate surface area is 141 Å². The van der Waals surface area contributed by atoms with Crippen LogP contribution in [0.15, 0.2) is 70.1 Å². The number of rotatable bonds is 7. The van der Waals surface area contributed by atoms with E-state index in [9.17, 15) is 0 Å². The Kier molecular flexibility index (Phi) is 7.33. The third-order valence-corrected chi connectivity index (χ3v) is 8.06. The molecule has 2 heteroatoms. The quantitative estimate of drug-likeness (QED) is 0.617. The standard InChI is InChI=1S/C19H22Se2/c1-16(2)13-14-19(21-18-11-7-4-8-12-18)15-20-17-9-5-3-6-10-17/h3-12,15-16H,13-14H2,1-2H3/b19-15+. The topological polar surface area (TPSA) is 0 Å². The van der Waals surface area contributed by atoms with Gasteiger partial charge in [-0.15, -0.1) is 0 Å². The minimum atomic E-state index is 0.462. The molecule has 110 valence electrons. The van der Waals surface area contributed by atoms with Crippen LogP contribution in [0.4, 0.5) is 0 Å². The first-order valence-corrected chi connectivity index (χ1v) is 10.9. The fourth-order valence-corrected chi connectivity index (χ4v) is 6.17. The molecule has 0 radical (unpaired) electrons. The number of hydrogen-bond acceptors (Lipinski definition) is 0. The van der Waals surface area contributed by atoms with Crippen LogP contribution >= 0.6 is 0 Å². The van der Waals surface area contributed by atoms with Crippen molar-refractivity contribution in [2.75, 3.05) is 0 Å². The third-order valence-electron chi connectivity index (χ3n) is 3.03. The van der Waals surface area contributed by atoms with Gasteiger partial charge in [-0.05, 0) is 0 Å². The molecule has 0 unspecified atom stereocenters. The molecular weight excluding hydrogens is 386 g/mol. The van der Waals surface area contributed by atoms with Crippen molar-refractivity contribution in [3.63, 3.8) is 0 Å². The average molecular weight is 408 g/mol. The summed E-state index contributed by atoms with van der Waals surface area (Å²) in [6.07, 6.45) is 2.55. The fourth-order valence-electron chi connectivity index (χ4n) is 1.84. The Morgan fingerprint density at radius 1 is 0.905 bits per heavy atom. The van der Waals surface area contributed by atoms with Crippen molar-refractivity contribution >= 4 is 38.8 Å². The first-order chi connectivity index (χ1) is 10.2. The summed E-state index contributed by atoms with van der Waals surface area (Å²) in [4.78, 5) is 2.53. The summed E-state index contributed by atoms with van der Waals surface area (Å²) in [5.41, 5.74) is 0. The fraction of sp³-hybridized carbons (Fsp3) is 0.263. The molecule has 0 fully saturated rings. The van der Waals surface area contributed by atoms with E-state index >= 15 is 0 Å². The molecule has 0 aliphatic carbocycles. The van der Waals surface area contributed by atoms with Gasteiger partial charge in [-0.2, -0.15) is 0 Å². The monoisotopic (exact) mass is 410 g/mol. The molecule has 0 saturated carbocycles. The molecule has 2 aromatic rings. The SMILES string of the molecule is CC(C)CC/C(=C\[Se]c1ccccc1)[Se]c1ccccc1. The van der Waals surface area contributed by atoms with E-state index in [0.29, 0.717) is 29.9 Å². The minimum absolute atomic E-state index is 0.462. The van der Waals surface area contributed by atoms with Crippen LogP contribution in [-0.4, -0.2) is 29.9 Å². The molecule has 2 rings (SSSR count). The van der Waals surface area contributed by atoms with Gasteiger partial charge in [-0.1, -0.05) is 0 Å². The van der Waals surface area contributed by atoms with Gasteiger partial charge in [0, 0.05) is 0 Å². The van der Waals surface area contributed by atoms with Gasteiger partial charge < -0.3 is 0 Å². The average Bonchev–Trinajstić information content (AvgIpc) is 2.52. The van der Waals surface area contributed by atoms with Crippen molar-refractivity contribution in [2.24, 2.45) is 5.92 Å². The molecule has 0 N–H and O–H groups in total.